The molecule has 1 unspecified atom stereocenters. The van der Waals surface area contributed by atoms with Crippen molar-refractivity contribution < 1.29 is 9.90 Å². The minimum atomic E-state index is 0.170. The van der Waals surface area contributed by atoms with Gasteiger partial charge in [0.25, 0.3) is 0 Å². The molecule has 0 aliphatic carbocycles. The van der Waals surface area contributed by atoms with E-state index in [-0.39, 0.29) is 18.4 Å². The predicted octanol–water partition coefficient (Wildman–Crippen LogP) is -0.358. The summed E-state index contributed by atoms with van der Waals surface area (Å²) in [5, 5.41) is 8.79. The Morgan fingerprint density at radius 2 is 2.50 bits per heavy atom. The number of hydrogen-bond acceptors (Lipinski definition) is 3. The molecule has 1 N–H and O–H groups in total. The smallest absolute Gasteiger partial charge is 0.146 e. The largest absolute Gasteiger partial charge is 0.395 e. The van der Waals surface area contributed by atoms with Gasteiger partial charge in [0.1, 0.15) is 5.78 Å². The van der Waals surface area contributed by atoms with E-state index < -0.39 is 0 Å². The molecule has 0 aromatic carbocycles. The topological polar surface area (TPSA) is 40.5 Å². The molecule has 0 aromatic heterocycles. The van der Waals surface area contributed by atoms with Crippen LogP contribution in [0.15, 0.2) is 0 Å². The van der Waals surface area contributed by atoms with Crippen LogP contribution in [0, 0.1) is 0 Å². The van der Waals surface area contributed by atoms with E-state index in [1.807, 2.05) is 11.9 Å². The van der Waals surface area contributed by atoms with Gasteiger partial charge in [-0.05, 0) is 13.5 Å². The average molecular weight is 143 g/mol. The summed E-state index contributed by atoms with van der Waals surface area (Å²) in [4.78, 5) is 12.7. The number of likely N-dealkylation sites (N-methyl/N-ethyl adjacent to an activating group) is 1. The third-order valence-corrected chi connectivity index (χ3v) is 2.02. The number of nitrogens with zero attached hydrogens (tertiary/aromatic N) is 1. The number of hydrogen-bond donors (Lipinski definition) is 1. The third kappa shape index (κ3) is 1.55. The summed E-state index contributed by atoms with van der Waals surface area (Å²) in [6, 6.07) is 0.206. The summed E-state index contributed by atoms with van der Waals surface area (Å²) in [5.74, 6) is 0.284. The molecule has 1 heterocycles. The fourth-order valence-electron chi connectivity index (χ4n) is 1.26. The molecular formula is C7H13NO2. The Kier molecular flexibility index (Phi) is 2.40. The second-order valence-corrected chi connectivity index (χ2v) is 2.83. The summed E-state index contributed by atoms with van der Waals surface area (Å²) < 4.78 is 0. The Balaban J connectivity index is 2.43. The molecule has 58 valence electrons. The van der Waals surface area contributed by atoms with Crippen molar-refractivity contribution in [3.63, 3.8) is 0 Å². The molecule has 0 radical (unpaired) electrons. The maximum atomic E-state index is 10.8. The van der Waals surface area contributed by atoms with Crippen molar-refractivity contribution in [2.45, 2.75) is 18.9 Å². The van der Waals surface area contributed by atoms with Gasteiger partial charge in [0.05, 0.1) is 13.2 Å². The van der Waals surface area contributed by atoms with Crippen molar-refractivity contribution in [2.24, 2.45) is 0 Å². The minimum absolute atomic E-state index is 0.170. The van der Waals surface area contributed by atoms with Crippen LogP contribution >= 0.6 is 0 Å². The fraction of sp³-hybridized carbons (Fsp3) is 0.857. The zero-order valence-electron chi connectivity index (χ0n) is 6.21. The summed E-state index contributed by atoms with van der Waals surface area (Å²) in [6.45, 7) is 0.676. The minimum Gasteiger partial charge on any atom is -0.395 e. The Morgan fingerprint density at radius 1 is 1.80 bits per heavy atom. The van der Waals surface area contributed by atoms with Crippen LogP contribution in [0.1, 0.15) is 12.8 Å². The van der Waals surface area contributed by atoms with Gasteiger partial charge in [0.15, 0.2) is 0 Å². The number of ketones is 1. The third-order valence-electron chi connectivity index (χ3n) is 2.02. The molecule has 1 aliphatic rings. The van der Waals surface area contributed by atoms with E-state index in [4.69, 9.17) is 5.11 Å². The second-order valence-electron chi connectivity index (χ2n) is 2.83. The molecule has 3 heteroatoms. The molecule has 0 bridgehead atoms. The molecule has 10 heavy (non-hydrogen) atoms. The van der Waals surface area contributed by atoms with Crippen molar-refractivity contribution in [1.29, 1.82) is 0 Å². The first-order valence-corrected chi connectivity index (χ1v) is 3.57. The zero-order valence-corrected chi connectivity index (χ0v) is 6.21. The van der Waals surface area contributed by atoms with E-state index in [1.54, 1.807) is 0 Å². The lowest BCUT2D eigenvalue weighted by atomic mass is 10.0. The lowest BCUT2D eigenvalue weighted by Crippen LogP contribution is -2.42. The summed E-state index contributed by atoms with van der Waals surface area (Å²) in [7, 11) is 1.87. The number of aliphatic hydroxyl groups excluding tert-OH is 1. The number of aliphatic hydroxyl groups is 1. The zero-order chi connectivity index (χ0) is 7.56. The standard InChI is InChI=1S/C7H13NO2/c1-8-4-7(10)3-2-6(8)5-9/h6,9H,2-5H2,1H3. The monoisotopic (exact) mass is 143 g/mol. The van der Waals surface area contributed by atoms with E-state index in [2.05, 4.69) is 0 Å². The SMILES string of the molecule is CN1CC(=O)CCC1CO. The van der Waals surface area contributed by atoms with Crippen LogP contribution in [-0.4, -0.2) is 42.0 Å². The van der Waals surface area contributed by atoms with Crippen LogP contribution in [0.3, 0.4) is 0 Å². The van der Waals surface area contributed by atoms with Gasteiger partial charge < -0.3 is 5.11 Å². The van der Waals surface area contributed by atoms with Crippen molar-refractivity contribution >= 4 is 5.78 Å². The Morgan fingerprint density at radius 3 is 3.00 bits per heavy atom. The summed E-state index contributed by atoms with van der Waals surface area (Å²) in [5.41, 5.74) is 0. The number of carbonyl (C=O) groups is 1. The van der Waals surface area contributed by atoms with Crippen molar-refractivity contribution in [1.82, 2.24) is 4.90 Å². The first kappa shape index (κ1) is 7.69. The Bertz CT molecular complexity index is 136. The van der Waals surface area contributed by atoms with Gasteiger partial charge in [-0.15, -0.1) is 0 Å². The maximum absolute atomic E-state index is 10.8. The van der Waals surface area contributed by atoms with E-state index in [0.717, 1.165) is 6.42 Å². The van der Waals surface area contributed by atoms with Crippen molar-refractivity contribution in [2.75, 3.05) is 20.2 Å². The molecule has 1 rings (SSSR count). The molecular weight excluding hydrogens is 130 g/mol. The molecule has 1 aliphatic heterocycles. The highest BCUT2D eigenvalue weighted by Crippen LogP contribution is 2.11. The average Bonchev–Trinajstić information content (AvgIpc) is 1.88. The fourth-order valence-corrected chi connectivity index (χ4v) is 1.26. The van der Waals surface area contributed by atoms with Crippen LogP contribution in [0.5, 0.6) is 0 Å². The number of likely N-dealkylation sites (tertiary alicyclic amines) is 1. The van der Waals surface area contributed by atoms with Gasteiger partial charge in [-0.1, -0.05) is 0 Å². The highest BCUT2D eigenvalue weighted by atomic mass is 16.3. The highest BCUT2D eigenvalue weighted by molar-refractivity contribution is 5.81. The Labute approximate surface area is 60.6 Å². The molecule has 0 amide bonds. The predicted molar refractivity (Wildman–Crippen MR) is 37.7 cm³/mol. The number of piperidine rings is 1. The molecule has 0 aromatic rings. The van der Waals surface area contributed by atoms with Crippen LogP contribution in [0.4, 0.5) is 0 Å². The van der Waals surface area contributed by atoms with Crippen molar-refractivity contribution in [3.05, 3.63) is 0 Å². The van der Waals surface area contributed by atoms with Gasteiger partial charge in [-0.2, -0.15) is 0 Å². The van der Waals surface area contributed by atoms with Gasteiger partial charge in [-0.25, -0.2) is 0 Å². The first-order valence-electron chi connectivity index (χ1n) is 3.57. The van der Waals surface area contributed by atoms with E-state index in [1.165, 1.54) is 0 Å². The van der Waals surface area contributed by atoms with Crippen LogP contribution in [-0.2, 0) is 4.79 Å². The summed E-state index contributed by atoms with van der Waals surface area (Å²) >= 11 is 0. The van der Waals surface area contributed by atoms with Gasteiger partial charge in [0.2, 0.25) is 0 Å². The quantitative estimate of drug-likeness (QED) is 0.545. The maximum Gasteiger partial charge on any atom is 0.146 e. The van der Waals surface area contributed by atoms with Crippen LogP contribution < -0.4 is 0 Å². The highest BCUT2D eigenvalue weighted by Gasteiger charge is 2.22. The van der Waals surface area contributed by atoms with E-state index in [9.17, 15) is 4.79 Å². The molecule has 0 spiro atoms. The van der Waals surface area contributed by atoms with Gasteiger partial charge >= 0.3 is 0 Å². The van der Waals surface area contributed by atoms with E-state index >= 15 is 0 Å². The van der Waals surface area contributed by atoms with Crippen LogP contribution in [0.2, 0.25) is 0 Å². The normalized spacial score (nSPS) is 29.0. The number of rotatable bonds is 1. The lowest BCUT2D eigenvalue weighted by Gasteiger charge is -2.29. The lowest BCUT2D eigenvalue weighted by molar-refractivity contribution is -0.123. The molecule has 0 saturated carbocycles. The summed E-state index contributed by atoms with van der Waals surface area (Å²) in [6.07, 6.45) is 1.45. The Hall–Kier alpha value is -0.410. The number of carbonyl (C=O) groups excluding carboxylic acids is 1. The second kappa shape index (κ2) is 3.12. The van der Waals surface area contributed by atoms with E-state index in [0.29, 0.717) is 13.0 Å². The molecule has 1 atom stereocenters. The van der Waals surface area contributed by atoms with Gasteiger partial charge in [-0.3, -0.25) is 9.69 Å². The molecule has 3 nitrogen and oxygen atoms in total. The van der Waals surface area contributed by atoms with Gasteiger partial charge in [0, 0.05) is 12.5 Å². The first-order chi connectivity index (χ1) is 4.74. The molecule has 1 saturated heterocycles. The molecule has 1 fully saturated rings. The number of Topliss-reactive ketones (excluding diaryl/α,β-unsaturated/α-hetero) is 1. The van der Waals surface area contributed by atoms with Crippen LogP contribution in [0.25, 0.3) is 0 Å². The van der Waals surface area contributed by atoms with Crippen molar-refractivity contribution in [3.8, 4) is 0 Å².